The molecule has 0 radical (unpaired) electrons. The maximum absolute atomic E-state index is 8.91. The van der Waals surface area contributed by atoms with Crippen molar-refractivity contribution in [1.29, 1.82) is 5.26 Å². The van der Waals surface area contributed by atoms with Crippen LogP contribution in [0.3, 0.4) is 0 Å². The van der Waals surface area contributed by atoms with Crippen LogP contribution in [-0.2, 0) is 0 Å². The molecule has 0 atom stereocenters. The maximum atomic E-state index is 8.91. The third-order valence-corrected chi connectivity index (χ3v) is 3.12. The molecule has 0 aliphatic carbocycles. The van der Waals surface area contributed by atoms with Gasteiger partial charge in [-0.25, -0.2) is 0 Å². The number of nitrogens with zero attached hydrogens (tertiary/aromatic N) is 1. The molecule has 0 heterocycles. The van der Waals surface area contributed by atoms with Crippen LogP contribution in [0.5, 0.6) is 0 Å². The Morgan fingerprint density at radius 1 is 1.41 bits per heavy atom. The minimum Gasteiger partial charge on any atom is -0.384 e. The van der Waals surface area contributed by atoms with Crippen molar-refractivity contribution in [3.05, 3.63) is 28.8 Å². The minimum absolute atomic E-state index is 0.239. The summed E-state index contributed by atoms with van der Waals surface area (Å²) in [7, 11) is 0. The van der Waals surface area contributed by atoms with E-state index in [0.717, 1.165) is 35.7 Å². The zero-order valence-electron chi connectivity index (χ0n) is 10.7. The molecule has 0 spiro atoms. The predicted octanol–water partition coefficient (Wildman–Crippen LogP) is 4.39. The van der Waals surface area contributed by atoms with Gasteiger partial charge in [-0.3, -0.25) is 0 Å². The van der Waals surface area contributed by atoms with E-state index in [1.54, 1.807) is 0 Å². The maximum Gasteiger partial charge on any atom is 0.0683 e. The largest absolute Gasteiger partial charge is 0.384 e. The van der Waals surface area contributed by atoms with Crippen LogP contribution in [0.2, 0.25) is 5.02 Å². The molecule has 0 saturated heterocycles. The Hall–Kier alpha value is -1.20. The van der Waals surface area contributed by atoms with Crippen LogP contribution in [-0.4, -0.2) is 6.54 Å². The van der Waals surface area contributed by atoms with E-state index in [-0.39, 0.29) is 5.41 Å². The number of anilines is 1. The van der Waals surface area contributed by atoms with Gasteiger partial charge in [-0.1, -0.05) is 23.7 Å². The SMILES string of the molecule is Cc1cccc(Cl)c1NCCCC(C)(C)C#N. The van der Waals surface area contributed by atoms with Gasteiger partial charge in [0.1, 0.15) is 0 Å². The van der Waals surface area contributed by atoms with Crippen molar-refractivity contribution in [3.63, 3.8) is 0 Å². The van der Waals surface area contributed by atoms with Crippen LogP contribution in [0.1, 0.15) is 32.3 Å². The number of nitriles is 1. The lowest BCUT2D eigenvalue weighted by atomic mass is 9.90. The Morgan fingerprint density at radius 2 is 2.12 bits per heavy atom. The lowest BCUT2D eigenvalue weighted by Crippen LogP contribution is -2.11. The summed E-state index contributed by atoms with van der Waals surface area (Å²) in [6, 6.07) is 8.18. The van der Waals surface area contributed by atoms with Gasteiger partial charge in [-0.05, 0) is 45.2 Å². The van der Waals surface area contributed by atoms with E-state index in [1.807, 2.05) is 39.0 Å². The lowest BCUT2D eigenvalue weighted by molar-refractivity contribution is 0.441. The van der Waals surface area contributed by atoms with Crippen LogP contribution in [0.4, 0.5) is 5.69 Å². The third kappa shape index (κ3) is 4.28. The highest BCUT2D eigenvalue weighted by Crippen LogP contribution is 2.26. The molecule has 1 aromatic carbocycles. The first-order valence-corrected chi connectivity index (χ1v) is 6.24. The summed E-state index contributed by atoms with van der Waals surface area (Å²) in [5.41, 5.74) is 1.91. The Morgan fingerprint density at radius 3 is 2.71 bits per heavy atom. The molecule has 0 fully saturated rings. The molecular weight excluding hydrogens is 232 g/mol. The molecule has 92 valence electrons. The highest BCUT2D eigenvalue weighted by Gasteiger charge is 2.15. The van der Waals surface area contributed by atoms with Crippen LogP contribution in [0.25, 0.3) is 0 Å². The normalized spacial score (nSPS) is 11.0. The van der Waals surface area contributed by atoms with E-state index in [4.69, 9.17) is 16.9 Å². The second-order valence-corrected chi connectivity index (χ2v) is 5.36. The standard InChI is InChI=1S/C14H19ClN2/c1-11-6-4-7-12(15)13(11)17-9-5-8-14(2,3)10-16/h4,6-7,17H,5,8-9H2,1-3H3. The van der Waals surface area contributed by atoms with E-state index in [1.165, 1.54) is 0 Å². The molecule has 3 heteroatoms. The smallest absolute Gasteiger partial charge is 0.0683 e. The zero-order valence-corrected chi connectivity index (χ0v) is 11.4. The number of nitrogens with one attached hydrogen (secondary N) is 1. The van der Waals surface area contributed by atoms with Gasteiger partial charge in [0.05, 0.1) is 22.2 Å². The summed E-state index contributed by atoms with van der Waals surface area (Å²) < 4.78 is 0. The topological polar surface area (TPSA) is 35.8 Å². The second kappa shape index (κ2) is 5.93. The number of hydrogen-bond acceptors (Lipinski definition) is 2. The van der Waals surface area contributed by atoms with Gasteiger partial charge in [0.2, 0.25) is 0 Å². The Balaban J connectivity index is 2.45. The van der Waals surface area contributed by atoms with Gasteiger partial charge in [-0.15, -0.1) is 0 Å². The van der Waals surface area contributed by atoms with Crippen molar-refractivity contribution in [2.75, 3.05) is 11.9 Å². The van der Waals surface area contributed by atoms with E-state index in [9.17, 15) is 0 Å². The second-order valence-electron chi connectivity index (χ2n) is 4.96. The molecule has 17 heavy (non-hydrogen) atoms. The Bertz CT molecular complexity index is 398. The van der Waals surface area contributed by atoms with Crippen molar-refractivity contribution >= 4 is 17.3 Å². The van der Waals surface area contributed by atoms with Crippen molar-refractivity contribution < 1.29 is 0 Å². The minimum atomic E-state index is -0.239. The molecule has 0 aliphatic heterocycles. The Kier molecular flexibility index (Phi) is 4.84. The van der Waals surface area contributed by atoms with Crippen molar-refractivity contribution in [3.8, 4) is 6.07 Å². The molecule has 2 nitrogen and oxygen atoms in total. The summed E-state index contributed by atoms with van der Waals surface area (Å²) in [4.78, 5) is 0. The first kappa shape index (κ1) is 13.9. The number of para-hydroxylation sites is 1. The average molecular weight is 251 g/mol. The van der Waals surface area contributed by atoms with Gasteiger partial charge < -0.3 is 5.32 Å². The molecule has 0 unspecified atom stereocenters. The fourth-order valence-corrected chi connectivity index (χ4v) is 1.94. The van der Waals surface area contributed by atoms with Crippen molar-refractivity contribution in [2.45, 2.75) is 33.6 Å². The fraction of sp³-hybridized carbons (Fsp3) is 0.500. The molecule has 0 saturated carbocycles. The summed E-state index contributed by atoms with van der Waals surface area (Å²) in [5, 5.41) is 13.0. The predicted molar refractivity (Wildman–Crippen MR) is 73.3 cm³/mol. The summed E-state index contributed by atoms with van der Waals surface area (Å²) >= 11 is 6.11. The summed E-state index contributed by atoms with van der Waals surface area (Å²) in [6.07, 6.45) is 1.85. The molecule has 0 bridgehead atoms. The number of rotatable bonds is 5. The number of halogens is 1. The molecular formula is C14H19ClN2. The van der Waals surface area contributed by atoms with Crippen molar-refractivity contribution in [1.82, 2.24) is 0 Å². The van der Waals surface area contributed by atoms with Crippen LogP contribution < -0.4 is 5.32 Å². The first-order valence-electron chi connectivity index (χ1n) is 5.86. The average Bonchev–Trinajstić information content (AvgIpc) is 2.27. The van der Waals surface area contributed by atoms with Gasteiger partial charge >= 0.3 is 0 Å². The zero-order chi connectivity index (χ0) is 12.9. The van der Waals surface area contributed by atoms with Crippen LogP contribution in [0.15, 0.2) is 18.2 Å². The number of benzene rings is 1. The Labute approximate surface area is 109 Å². The third-order valence-electron chi connectivity index (χ3n) is 2.80. The highest BCUT2D eigenvalue weighted by atomic mass is 35.5. The van der Waals surface area contributed by atoms with Gasteiger partial charge in [0, 0.05) is 6.54 Å². The van der Waals surface area contributed by atoms with E-state index >= 15 is 0 Å². The first-order chi connectivity index (χ1) is 7.96. The van der Waals surface area contributed by atoms with Gasteiger partial charge in [0.15, 0.2) is 0 Å². The summed E-state index contributed by atoms with van der Waals surface area (Å²) in [5.74, 6) is 0. The van der Waals surface area contributed by atoms with E-state index < -0.39 is 0 Å². The lowest BCUT2D eigenvalue weighted by Gasteiger charge is -2.16. The van der Waals surface area contributed by atoms with E-state index in [2.05, 4.69) is 11.4 Å². The summed E-state index contributed by atoms with van der Waals surface area (Å²) in [6.45, 7) is 6.81. The number of hydrogen-bond donors (Lipinski definition) is 1. The number of aryl methyl sites for hydroxylation is 1. The quantitative estimate of drug-likeness (QED) is 0.787. The van der Waals surface area contributed by atoms with E-state index in [0.29, 0.717) is 0 Å². The van der Waals surface area contributed by atoms with Crippen LogP contribution >= 0.6 is 11.6 Å². The molecule has 0 amide bonds. The molecule has 0 aromatic heterocycles. The molecule has 1 aromatic rings. The fourth-order valence-electron chi connectivity index (χ4n) is 1.66. The molecule has 0 aliphatic rings. The molecule has 1 N–H and O–H groups in total. The molecule has 1 rings (SSSR count). The highest BCUT2D eigenvalue weighted by molar-refractivity contribution is 6.33. The van der Waals surface area contributed by atoms with Crippen molar-refractivity contribution in [2.24, 2.45) is 5.41 Å². The monoisotopic (exact) mass is 250 g/mol. The van der Waals surface area contributed by atoms with Crippen LogP contribution in [0, 0.1) is 23.7 Å². The van der Waals surface area contributed by atoms with Gasteiger partial charge in [-0.2, -0.15) is 5.26 Å². The van der Waals surface area contributed by atoms with Gasteiger partial charge in [0.25, 0.3) is 0 Å².